The van der Waals surface area contributed by atoms with Gasteiger partial charge < -0.3 is 0 Å². The maximum absolute atomic E-state index is 4.99. The minimum atomic E-state index is 0.652. The Bertz CT molecular complexity index is 3490. The molecule has 0 saturated heterocycles. The second-order valence-electron chi connectivity index (χ2n) is 14.8. The first-order chi connectivity index (χ1) is 28.8. The van der Waals surface area contributed by atoms with E-state index >= 15 is 0 Å². The van der Waals surface area contributed by atoms with Crippen LogP contribution in [-0.2, 0) is 0 Å². The molecule has 0 N–H and O–H groups in total. The Morgan fingerprint density at radius 1 is 0.293 bits per heavy atom. The van der Waals surface area contributed by atoms with E-state index in [1.54, 1.807) is 0 Å². The molecule has 3 heterocycles. The normalized spacial score (nSPS) is 11.8. The molecule has 0 radical (unpaired) electrons. The molecule has 9 aromatic carbocycles. The van der Waals surface area contributed by atoms with Crippen LogP contribution < -0.4 is 0 Å². The van der Waals surface area contributed by atoms with Gasteiger partial charge in [0.2, 0.25) is 0 Å². The molecule has 12 aromatic rings. The number of rotatable bonds is 5. The van der Waals surface area contributed by atoms with Crippen molar-refractivity contribution in [3.8, 4) is 45.5 Å². The average Bonchev–Trinajstić information content (AvgIpc) is 3.82. The number of hydrogen-bond acceptors (Lipinski definition) is 3. The molecule has 0 atom stereocenters. The first kappa shape index (κ1) is 32.4. The topological polar surface area (TPSA) is 48.5 Å². The SMILES string of the molecule is c1ccc(-c2nc(-c3ccccc3)nc(-c3ccc4c(ccc5c6ccc(-n7c8ccccc8c8c9ccccc9n(-c9ccccc9)c87)cc6ccc45)c3)n2)cc1. The van der Waals surface area contributed by atoms with Crippen molar-refractivity contribution in [2.45, 2.75) is 0 Å². The van der Waals surface area contributed by atoms with Crippen molar-refractivity contribution in [1.82, 2.24) is 24.1 Å². The van der Waals surface area contributed by atoms with Crippen molar-refractivity contribution >= 4 is 65.2 Å². The lowest BCUT2D eigenvalue weighted by Gasteiger charge is -2.14. The summed E-state index contributed by atoms with van der Waals surface area (Å²) < 4.78 is 4.86. The Morgan fingerprint density at radius 2 is 0.741 bits per heavy atom. The van der Waals surface area contributed by atoms with Gasteiger partial charge in [-0.3, -0.25) is 9.13 Å². The fourth-order valence-corrected chi connectivity index (χ4v) is 8.89. The zero-order valence-corrected chi connectivity index (χ0v) is 31.3. The third-order valence-electron chi connectivity index (χ3n) is 11.5. The molecule has 0 bridgehead atoms. The summed E-state index contributed by atoms with van der Waals surface area (Å²) >= 11 is 0. The minimum Gasteiger partial charge on any atom is -0.295 e. The number of para-hydroxylation sites is 3. The number of aromatic nitrogens is 5. The van der Waals surface area contributed by atoms with Crippen LogP contribution in [0, 0.1) is 0 Å². The van der Waals surface area contributed by atoms with Crippen LogP contribution in [0.15, 0.2) is 200 Å². The summed E-state index contributed by atoms with van der Waals surface area (Å²) in [5, 5.41) is 11.0. The molecule has 0 amide bonds. The van der Waals surface area contributed by atoms with E-state index in [-0.39, 0.29) is 0 Å². The van der Waals surface area contributed by atoms with Gasteiger partial charge in [0.15, 0.2) is 17.5 Å². The highest BCUT2D eigenvalue weighted by molar-refractivity contribution is 6.23. The number of benzene rings is 9. The summed E-state index contributed by atoms with van der Waals surface area (Å²) in [4.78, 5) is 14.9. The van der Waals surface area contributed by atoms with Crippen molar-refractivity contribution in [3.05, 3.63) is 200 Å². The summed E-state index contributed by atoms with van der Waals surface area (Å²) in [7, 11) is 0. The first-order valence-electron chi connectivity index (χ1n) is 19.6. The van der Waals surface area contributed by atoms with E-state index in [0.717, 1.165) is 33.5 Å². The molecular formula is C53H33N5. The van der Waals surface area contributed by atoms with E-state index in [4.69, 9.17) is 15.0 Å². The van der Waals surface area contributed by atoms with Crippen LogP contribution >= 0.6 is 0 Å². The molecule has 0 unspecified atom stereocenters. The molecule has 0 aliphatic carbocycles. The minimum absolute atomic E-state index is 0.652. The molecule has 5 nitrogen and oxygen atoms in total. The molecule has 0 aliphatic rings. The number of hydrogen-bond donors (Lipinski definition) is 0. The largest absolute Gasteiger partial charge is 0.295 e. The Kier molecular flexibility index (Phi) is 7.16. The molecule has 0 saturated carbocycles. The lowest BCUT2D eigenvalue weighted by molar-refractivity contribution is 1.07. The number of fused-ring (bicyclic) bond motifs is 10. The first-order valence-corrected chi connectivity index (χ1v) is 19.6. The van der Waals surface area contributed by atoms with Crippen molar-refractivity contribution in [3.63, 3.8) is 0 Å². The molecule has 0 fully saturated rings. The van der Waals surface area contributed by atoms with E-state index in [1.165, 1.54) is 59.8 Å². The summed E-state index contributed by atoms with van der Waals surface area (Å²) in [5.41, 5.74) is 8.69. The third kappa shape index (κ3) is 5.00. The fraction of sp³-hybridized carbons (Fsp3) is 0. The average molecular weight is 740 g/mol. The van der Waals surface area contributed by atoms with Gasteiger partial charge in [-0.25, -0.2) is 15.0 Å². The maximum atomic E-state index is 4.99. The van der Waals surface area contributed by atoms with E-state index in [1.807, 2.05) is 60.7 Å². The van der Waals surface area contributed by atoms with Crippen LogP contribution in [0.25, 0.3) is 111 Å². The maximum Gasteiger partial charge on any atom is 0.164 e. The van der Waals surface area contributed by atoms with Crippen LogP contribution in [0.3, 0.4) is 0 Å². The molecule has 0 aliphatic heterocycles. The Hall–Kier alpha value is -7.89. The predicted molar refractivity (Wildman–Crippen MR) is 240 cm³/mol. The molecule has 3 aromatic heterocycles. The molecule has 58 heavy (non-hydrogen) atoms. The van der Waals surface area contributed by atoms with Crippen molar-refractivity contribution in [2.75, 3.05) is 0 Å². The second kappa shape index (κ2) is 12.8. The highest BCUT2D eigenvalue weighted by Crippen LogP contribution is 2.42. The molecule has 0 spiro atoms. The lowest BCUT2D eigenvalue weighted by Crippen LogP contribution is -2.01. The quantitative estimate of drug-likeness (QED) is 0.165. The molecule has 12 rings (SSSR count). The smallest absolute Gasteiger partial charge is 0.164 e. The predicted octanol–water partition coefficient (Wildman–Crippen LogP) is 13.4. The van der Waals surface area contributed by atoms with Gasteiger partial charge in [0.25, 0.3) is 0 Å². The highest BCUT2D eigenvalue weighted by Gasteiger charge is 2.22. The van der Waals surface area contributed by atoms with Crippen molar-refractivity contribution in [2.24, 2.45) is 0 Å². The summed E-state index contributed by atoms with van der Waals surface area (Å²) in [5.74, 6) is 1.96. The monoisotopic (exact) mass is 739 g/mol. The standard InChI is InChI=1S/C53H33N5/c1-4-14-34(15-5-1)50-54-51(35-16-6-2-7-17-35)56-52(55-50)38-26-28-41-36(32-38)24-29-44-42-31-27-40(33-37(42)25-30-43(41)44)58-48-23-13-11-21-46(48)49-45-20-10-12-22-47(45)57(53(49)58)39-18-8-3-9-19-39/h1-33H. The molecular weight excluding hydrogens is 707 g/mol. The van der Waals surface area contributed by atoms with Gasteiger partial charge in [0.05, 0.1) is 11.0 Å². The van der Waals surface area contributed by atoms with E-state index < -0.39 is 0 Å². The van der Waals surface area contributed by atoms with Crippen LogP contribution in [0.1, 0.15) is 0 Å². The van der Waals surface area contributed by atoms with Crippen LogP contribution in [-0.4, -0.2) is 24.1 Å². The van der Waals surface area contributed by atoms with Crippen LogP contribution in [0.5, 0.6) is 0 Å². The van der Waals surface area contributed by atoms with Crippen LogP contribution in [0.4, 0.5) is 0 Å². The zero-order valence-electron chi connectivity index (χ0n) is 31.3. The second-order valence-corrected chi connectivity index (χ2v) is 14.8. The zero-order chi connectivity index (χ0) is 38.2. The van der Waals surface area contributed by atoms with Gasteiger partial charge in [0, 0.05) is 44.2 Å². The van der Waals surface area contributed by atoms with E-state index in [2.05, 4.69) is 149 Å². The Morgan fingerprint density at radius 3 is 1.33 bits per heavy atom. The molecule has 270 valence electrons. The Labute approximate surface area is 333 Å². The van der Waals surface area contributed by atoms with Gasteiger partial charge in [-0.15, -0.1) is 0 Å². The number of nitrogens with zero attached hydrogens (tertiary/aromatic N) is 5. The lowest BCUT2D eigenvalue weighted by atomic mass is 9.96. The van der Waals surface area contributed by atoms with E-state index in [0.29, 0.717) is 17.5 Å². The van der Waals surface area contributed by atoms with E-state index in [9.17, 15) is 0 Å². The van der Waals surface area contributed by atoms with Gasteiger partial charge in [-0.05, 0) is 74.8 Å². The highest BCUT2D eigenvalue weighted by atomic mass is 15.1. The van der Waals surface area contributed by atoms with Gasteiger partial charge in [0.1, 0.15) is 5.65 Å². The van der Waals surface area contributed by atoms with Gasteiger partial charge >= 0.3 is 0 Å². The summed E-state index contributed by atoms with van der Waals surface area (Å²) in [6.45, 7) is 0. The van der Waals surface area contributed by atoms with Crippen molar-refractivity contribution in [1.29, 1.82) is 0 Å². The molecule has 5 heteroatoms. The third-order valence-corrected chi connectivity index (χ3v) is 11.5. The van der Waals surface area contributed by atoms with Crippen molar-refractivity contribution < 1.29 is 0 Å². The fourth-order valence-electron chi connectivity index (χ4n) is 8.89. The summed E-state index contributed by atoms with van der Waals surface area (Å²) in [6, 6.07) is 71.0. The summed E-state index contributed by atoms with van der Waals surface area (Å²) in [6.07, 6.45) is 0. The van der Waals surface area contributed by atoms with Crippen LogP contribution in [0.2, 0.25) is 0 Å². The van der Waals surface area contributed by atoms with Gasteiger partial charge in [-0.2, -0.15) is 0 Å². The Balaban J connectivity index is 1.01. The van der Waals surface area contributed by atoms with Gasteiger partial charge in [-0.1, -0.05) is 158 Å².